The Morgan fingerprint density at radius 2 is 1.79 bits per heavy atom. The Morgan fingerprint density at radius 1 is 1.14 bits per heavy atom. The van der Waals surface area contributed by atoms with E-state index in [-0.39, 0.29) is 12.5 Å². The number of benzene rings is 2. The predicted molar refractivity (Wildman–Crippen MR) is 99.1 cm³/mol. The van der Waals surface area contributed by atoms with Gasteiger partial charge in [0.25, 0.3) is 0 Å². The summed E-state index contributed by atoms with van der Waals surface area (Å²) in [5.41, 5.74) is 0.970. The maximum atomic E-state index is 12.7. The molecule has 0 atom stereocenters. The van der Waals surface area contributed by atoms with Gasteiger partial charge in [-0.1, -0.05) is 12.1 Å². The molecule has 0 aliphatic carbocycles. The Balaban J connectivity index is 1.67. The Morgan fingerprint density at radius 3 is 2.38 bits per heavy atom. The van der Waals surface area contributed by atoms with Crippen molar-refractivity contribution >= 4 is 12.0 Å². The van der Waals surface area contributed by atoms with E-state index in [4.69, 9.17) is 14.3 Å². The average molecular weight is 403 g/mol. The van der Waals surface area contributed by atoms with E-state index in [1.807, 2.05) is 0 Å². The van der Waals surface area contributed by atoms with Crippen molar-refractivity contribution < 1.29 is 32.2 Å². The molecule has 5 nitrogen and oxygen atoms in total. The molecule has 0 aliphatic heterocycles. The molecular weight excluding hydrogens is 387 g/mol. The molecule has 1 heterocycles. The normalized spacial score (nSPS) is 11.7. The zero-order valence-corrected chi connectivity index (χ0v) is 15.2. The maximum Gasteiger partial charge on any atom is 0.416 e. The maximum absolute atomic E-state index is 12.7. The highest BCUT2D eigenvalue weighted by Crippen LogP contribution is 2.31. The number of carboxylic acid groups (broad SMARTS) is 1. The molecule has 1 aromatic heterocycles. The SMILES string of the molecule is Cc1nc(-c2ccc(C(F)(F)F)cc2)oc1COc1ccc(C=CC(=O)O)cc1. The second-order valence-electron chi connectivity index (χ2n) is 6.13. The van der Waals surface area contributed by atoms with Crippen LogP contribution in [0.2, 0.25) is 0 Å². The standard InChI is InChI=1S/C21H16F3NO4/c1-13-18(12-28-17-9-2-14(3-10-17)4-11-19(26)27)29-20(25-13)15-5-7-16(8-6-15)21(22,23)24/h2-11H,12H2,1H3,(H,26,27). The van der Waals surface area contributed by atoms with Gasteiger partial charge in [-0.15, -0.1) is 0 Å². The van der Waals surface area contributed by atoms with E-state index in [1.54, 1.807) is 31.2 Å². The van der Waals surface area contributed by atoms with Crippen molar-refractivity contribution in [1.82, 2.24) is 4.98 Å². The number of nitrogens with zero attached hydrogens (tertiary/aromatic N) is 1. The lowest BCUT2D eigenvalue weighted by atomic mass is 10.1. The molecule has 0 amide bonds. The van der Waals surface area contributed by atoms with E-state index in [0.717, 1.165) is 18.2 Å². The molecule has 0 aliphatic rings. The number of aliphatic carboxylic acids is 1. The first-order chi connectivity index (χ1) is 13.7. The molecular formula is C21H16F3NO4. The van der Waals surface area contributed by atoms with E-state index < -0.39 is 17.7 Å². The number of hydrogen-bond donors (Lipinski definition) is 1. The van der Waals surface area contributed by atoms with Crippen molar-refractivity contribution in [3.8, 4) is 17.2 Å². The smallest absolute Gasteiger partial charge is 0.416 e. The third-order valence-corrected chi connectivity index (χ3v) is 4.02. The number of oxazole rings is 1. The summed E-state index contributed by atoms with van der Waals surface area (Å²) in [7, 11) is 0. The van der Waals surface area contributed by atoms with E-state index in [2.05, 4.69) is 4.98 Å². The minimum absolute atomic E-state index is 0.0871. The van der Waals surface area contributed by atoms with Crippen LogP contribution in [0.15, 0.2) is 59.0 Å². The molecule has 0 unspecified atom stereocenters. The molecule has 0 radical (unpaired) electrons. The van der Waals surface area contributed by atoms with E-state index in [9.17, 15) is 18.0 Å². The number of halogens is 3. The summed E-state index contributed by atoms with van der Waals surface area (Å²) < 4.78 is 49.3. The van der Waals surface area contributed by atoms with Crippen LogP contribution in [0, 0.1) is 6.92 Å². The number of aryl methyl sites for hydroxylation is 1. The van der Waals surface area contributed by atoms with Gasteiger partial charge in [0.05, 0.1) is 11.3 Å². The monoisotopic (exact) mass is 403 g/mol. The van der Waals surface area contributed by atoms with Crippen molar-refractivity contribution in [2.45, 2.75) is 19.7 Å². The Labute approximate surface area is 164 Å². The number of rotatable bonds is 6. The Kier molecular flexibility index (Phi) is 5.72. The molecule has 0 saturated carbocycles. The van der Waals surface area contributed by atoms with Crippen LogP contribution in [0.3, 0.4) is 0 Å². The molecule has 0 fully saturated rings. The predicted octanol–water partition coefficient (Wildman–Crippen LogP) is 5.35. The number of carbonyl (C=O) groups is 1. The minimum atomic E-state index is -4.40. The lowest BCUT2D eigenvalue weighted by Gasteiger charge is -2.06. The highest BCUT2D eigenvalue weighted by atomic mass is 19.4. The Hall–Kier alpha value is -3.55. The largest absolute Gasteiger partial charge is 0.486 e. The highest BCUT2D eigenvalue weighted by Gasteiger charge is 2.30. The van der Waals surface area contributed by atoms with Gasteiger partial charge in [-0.05, 0) is 55.0 Å². The topological polar surface area (TPSA) is 72.6 Å². The number of carboxylic acids is 1. The van der Waals surface area contributed by atoms with E-state index >= 15 is 0 Å². The van der Waals surface area contributed by atoms with E-state index in [1.165, 1.54) is 18.2 Å². The van der Waals surface area contributed by atoms with Crippen LogP contribution < -0.4 is 4.74 Å². The van der Waals surface area contributed by atoms with Crippen molar-refractivity contribution in [3.05, 3.63) is 77.2 Å². The van der Waals surface area contributed by atoms with Gasteiger partial charge < -0.3 is 14.3 Å². The molecule has 1 N–H and O–H groups in total. The van der Waals surface area contributed by atoms with Crippen LogP contribution in [0.4, 0.5) is 13.2 Å². The van der Waals surface area contributed by atoms with Crippen molar-refractivity contribution in [2.75, 3.05) is 0 Å². The number of alkyl halides is 3. The van der Waals surface area contributed by atoms with Crippen molar-refractivity contribution in [1.29, 1.82) is 0 Å². The first kappa shape index (κ1) is 20.2. The van der Waals surface area contributed by atoms with Crippen LogP contribution >= 0.6 is 0 Å². The van der Waals surface area contributed by atoms with E-state index in [0.29, 0.717) is 28.3 Å². The minimum Gasteiger partial charge on any atom is -0.486 e. The fourth-order valence-electron chi connectivity index (χ4n) is 2.48. The van der Waals surface area contributed by atoms with Crippen LogP contribution in [0.25, 0.3) is 17.5 Å². The summed E-state index contributed by atoms with van der Waals surface area (Å²) >= 11 is 0. The summed E-state index contributed by atoms with van der Waals surface area (Å²) in [4.78, 5) is 14.8. The molecule has 8 heteroatoms. The molecule has 0 saturated heterocycles. The van der Waals surface area contributed by atoms with Gasteiger partial charge >= 0.3 is 12.1 Å². The van der Waals surface area contributed by atoms with Gasteiger partial charge in [-0.2, -0.15) is 13.2 Å². The summed E-state index contributed by atoms with van der Waals surface area (Å²) in [5, 5.41) is 8.62. The van der Waals surface area contributed by atoms with Crippen LogP contribution in [0.1, 0.15) is 22.6 Å². The van der Waals surface area contributed by atoms with Gasteiger partial charge in [0.1, 0.15) is 12.4 Å². The van der Waals surface area contributed by atoms with Crippen molar-refractivity contribution in [2.24, 2.45) is 0 Å². The second kappa shape index (κ2) is 8.22. The number of ether oxygens (including phenoxy) is 1. The third-order valence-electron chi connectivity index (χ3n) is 4.02. The van der Waals surface area contributed by atoms with Crippen LogP contribution in [-0.2, 0) is 17.6 Å². The fraction of sp³-hybridized carbons (Fsp3) is 0.143. The lowest BCUT2D eigenvalue weighted by Crippen LogP contribution is -2.03. The van der Waals surface area contributed by atoms with Gasteiger partial charge in [-0.25, -0.2) is 9.78 Å². The second-order valence-corrected chi connectivity index (χ2v) is 6.13. The summed E-state index contributed by atoms with van der Waals surface area (Å²) in [6, 6.07) is 11.3. The lowest BCUT2D eigenvalue weighted by molar-refractivity contribution is -0.137. The molecule has 0 bridgehead atoms. The van der Waals surface area contributed by atoms with Gasteiger partial charge in [-0.3, -0.25) is 0 Å². The van der Waals surface area contributed by atoms with Gasteiger partial charge in [0.15, 0.2) is 5.76 Å². The van der Waals surface area contributed by atoms with Gasteiger partial charge in [0, 0.05) is 11.6 Å². The zero-order chi connectivity index (χ0) is 21.0. The molecule has 3 rings (SSSR count). The van der Waals surface area contributed by atoms with Crippen molar-refractivity contribution in [3.63, 3.8) is 0 Å². The first-order valence-corrected chi connectivity index (χ1v) is 8.50. The van der Waals surface area contributed by atoms with Gasteiger partial charge in [0.2, 0.25) is 5.89 Å². The summed E-state index contributed by atoms with van der Waals surface area (Å²) in [6.45, 7) is 1.80. The number of aromatic nitrogens is 1. The first-order valence-electron chi connectivity index (χ1n) is 8.50. The highest BCUT2D eigenvalue weighted by molar-refractivity contribution is 5.85. The molecule has 0 spiro atoms. The number of hydrogen-bond acceptors (Lipinski definition) is 4. The molecule has 3 aromatic rings. The molecule has 29 heavy (non-hydrogen) atoms. The summed E-state index contributed by atoms with van der Waals surface area (Å²) in [5.74, 6) is 0.179. The average Bonchev–Trinajstić information content (AvgIpc) is 3.05. The van der Waals surface area contributed by atoms with Crippen LogP contribution in [0.5, 0.6) is 5.75 Å². The zero-order valence-electron chi connectivity index (χ0n) is 15.2. The quantitative estimate of drug-likeness (QED) is 0.562. The molecule has 2 aromatic carbocycles. The fourth-order valence-corrected chi connectivity index (χ4v) is 2.48. The summed E-state index contributed by atoms with van der Waals surface area (Å²) in [6.07, 6.45) is -1.90. The Bertz CT molecular complexity index is 1020. The molecule has 150 valence electrons. The van der Waals surface area contributed by atoms with Crippen LogP contribution in [-0.4, -0.2) is 16.1 Å². The third kappa shape index (κ3) is 5.25.